The minimum Gasteiger partial charge on any atom is -0.496 e. The summed E-state index contributed by atoms with van der Waals surface area (Å²) in [6.45, 7) is 2.54. The van der Waals surface area contributed by atoms with E-state index in [9.17, 15) is 4.79 Å². The average molecular weight is 405 g/mol. The second kappa shape index (κ2) is 11.9. The molecule has 152 valence electrons. The molecule has 0 aliphatic carbocycles. The largest absolute Gasteiger partial charge is 0.496 e. The molecule has 0 aromatic heterocycles. The molecule has 1 amide bonds. The van der Waals surface area contributed by atoms with Gasteiger partial charge in [0.25, 0.3) is 5.91 Å². The molecule has 2 aromatic carbocycles. The van der Waals surface area contributed by atoms with E-state index >= 15 is 0 Å². The second-order valence-electron chi connectivity index (χ2n) is 6.01. The van der Waals surface area contributed by atoms with Gasteiger partial charge >= 0.3 is 0 Å². The molecule has 6 nitrogen and oxygen atoms in total. The van der Waals surface area contributed by atoms with Gasteiger partial charge in [0.1, 0.15) is 5.75 Å². The zero-order valence-electron chi connectivity index (χ0n) is 16.8. The highest BCUT2D eigenvalue weighted by Gasteiger charge is 2.13. The summed E-state index contributed by atoms with van der Waals surface area (Å²) in [4.78, 5) is 11.9. The standard InChI is InChI=1S/C19H22ClN3O2.C2H7N/c1-3-9-23-19(24)16(21)10-12-5-4-6-14(18(12)22)15-11-13(20)7-8-17(15)25-2;1-3-2/h4-8,10-11H,3,9,21-22H2,1-2H3,(H,23,24);3H,1-2H3/b16-10-;. The monoisotopic (exact) mass is 404 g/mol. The summed E-state index contributed by atoms with van der Waals surface area (Å²) >= 11 is 6.11. The SMILES string of the molecule is CCCNC(=O)/C(N)=C/c1cccc(-c2cc(Cl)ccc2OC)c1N.CNC. The first-order valence-corrected chi connectivity index (χ1v) is 9.33. The van der Waals surface area contributed by atoms with E-state index in [0.717, 1.165) is 17.5 Å². The van der Waals surface area contributed by atoms with Gasteiger partial charge in [-0.15, -0.1) is 0 Å². The summed E-state index contributed by atoms with van der Waals surface area (Å²) in [6.07, 6.45) is 2.41. The van der Waals surface area contributed by atoms with Crippen molar-refractivity contribution in [1.82, 2.24) is 10.6 Å². The second-order valence-corrected chi connectivity index (χ2v) is 6.45. The fourth-order valence-electron chi connectivity index (χ4n) is 2.41. The van der Waals surface area contributed by atoms with Gasteiger partial charge in [-0.1, -0.05) is 36.7 Å². The number of benzene rings is 2. The quantitative estimate of drug-likeness (QED) is 0.437. The number of amides is 1. The molecule has 0 fully saturated rings. The van der Waals surface area contributed by atoms with Gasteiger partial charge < -0.3 is 26.8 Å². The smallest absolute Gasteiger partial charge is 0.267 e. The molecule has 0 unspecified atom stereocenters. The van der Waals surface area contributed by atoms with Crippen molar-refractivity contribution in [3.63, 3.8) is 0 Å². The minimum atomic E-state index is -0.313. The number of halogens is 1. The molecule has 0 heterocycles. The van der Waals surface area contributed by atoms with Crippen molar-refractivity contribution in [1.29, 1.82) is 0 Å². The van der Waals surface area contributed by atoms with Crippen LogP contribution in [0.15, 0.2) is 42.1 Å². The third-order valence-corrected chi connectivity index (χ3v) is 3.94. The Morgan fingerprint density at radius 3 is 2.50 bits per heavy atom. The number of para-hydroxylation sites is 1. The number of rotatable bonds is 6. The molecule has 0 spiro atoms. The highest BCUT2D eigenvalue weighted by molar-refractivity contribution is 6.31. The van der Waals surface area contributed by atoms with Gasteiger partial charge in [0.15, 0.2) is 0 Å². The lowest BCUT2D eigenvalue weighted by Crippen LogP contribution is -2.29. The molecule has 0 atom stereocenters. The first kappa shape index (κ1) is 23.3. The Kier molecular flexibility index (Phi) is 9.92. The molecule has 2 rings (SSSR count). The normalized spacial score (nSPS) is 10.7. The first-order valence-electron chi connectivity index (χ1n) is 8.95. The Balaban J connectivity index is 0.00000122. The zero-order chi connectivity index (χ0) is 21.1. The van der Waals surface area contributed by atoms with E-state index in [1.807, 2.05) is 33.2 Å². The van der Waals surface area contributed by atoms with Crippen LogP contribution in [0.1, 0.15) is 18.9 Å². The third-order valence-electron chi connectivity index (χ3n) is 3.70. The van der Waals surface area contributed by atoms with Crippen LogP contribution in [0, 0.1) is 0 Å². The maximum absolute atomic E-state index is 11.9. The van der Waals surface area contributed by atoms with E-state index < -0.39 is 0 Å². The van der Waals surface area contributed by atoms with Crippen LogP contribution in [-0.2, 0) is 4.79 Å². The highest BCUT2D eigenvalue weighted by atomic mass is 35.5. The molecule has 0 aliphatic heterocycles. The van der Waals surface area contributed by atoms with Gasteiger partial charge in [0.05, 0.1) is 12.8 Å². The van der Waals surface area contributed by atoms with Crippen molar-refractivity contribution in [2.45, 2.75) is 13.3 Å². The Labute approximate surface area is 171 Å². The summed E-state index contributed by atoms with van der Waals surface area (Å²) in [5, 5.41) is 6.06. The molecule has 0 radical (unpaired) electrons. The molecular weight excluding hydrogens is 376 g/mol. The topological polar surface area (TPSA) is 102 Å². The maximum Gasteiger partial charge on any atom is 0.267 e. The van der Waals surface area contributed by atoms with Crippen LogP contribution in [0.25, 0.3) is 17.2 Å². The molecule has 0 aliphatic rings. The summed E-state index contributed by atoms with van der Waals surface area (Å²) in [6, 6.07) is 10.8. The number of anilines is 1. The highest BCUT2D eigenvalue weighted by Crippen LogP contribution is 2.37. The van der Waals surface area contributed by atoms with Crippen LogP contribution in [0.5, 0.6) is 5.75 Å². The van der Waals surface area contributed by atoms with Crippen LogP contribution in [0.2, 0.25) is 5.02 Å². The van der Waals surface area contributed by atoms with Gasteiger partial charge in [0.2, 0.25) is 0 Å². The molecule has 0 saturated carbocycles. The number of carbonyl (C=O) groups is 1. The number of nitrogen functional groups attached to an aromatic ring is 1. The number of methoxy groups -OCH3 is 1. The molecule has 6 N–H and O–H groups in total. The number of nitrogens with two attached hydrogens (primary N) is 2. The fraction of sp³-hybridized carbons (Fsp3) is 0.286. The van der Waals surface area contributed by atoms with E-state index in [4.69, 9.17) is 27.8 Å². The van der Waals surface area contributed by atoms with Crippen molar-refractivity contribution in [3.8, 4) is 16.9 Å². The van der Waals surface area contributed by atoms with E-state index in [0.29, 0.717) is 28.6 Å². The lowest BCUT2D eigenvalue weighted by Gasteiger charge is -2.13. The lowest BCUT2D eigenvalue weighted by molar-refractivity contribution is -0.117. The minimum absolute atomic E-state index is 0.107. The van der Waals surface area contributed by atoms with Gasteiger partial charge in [-0.25, -0.2) is 0 Å². The van der Waals surface area contributed by atoms with E-state index in [2.05, 4.69) is 10.6 Å². The number of hydrogen-bond donors (Lipinski definition) is 4. The van der Waals surface area contributed by atoms with Gasteiger partial charge in [0, 0.05) is 33.9 Å². The zero-order valence-corrected chi connectivity index (χ0v) is 17.6. The maximum atomic E-state index is 11.9. The lowest BCUT2D eigenvalue weighted by atomic mass is 9.99. The predicted octanol–water partition coefficient (Wildman–Crippen LogP) is 3.26. The molecule has 0 bridgehead atoms. The van der Waals surface area contributed by atoms with E-state index in [1.54, 1.807) is 37.5 Å². The first-order chi connectivity index (χ1) is 13.4. The van der Waals surface area contributed by atoms with Crippen LogP contribution >= 0.6 is 11.6 Å². The Morgan fingerprint density at radius 2 is 1.89 bits per heavy atom. The van der Waals surface area contributed by atoms with Crippen LogP contribution in [0.4, 0.5) is 5.69 Å². The van der Waals surface area contributed by atoms with Crippen molar-refractivity contribution < 1.29 is 9.53 Å². The number of ether oxygens (including phenoxy) is 1. The van der Waals surface area contributed by atoms with E-state index in [1.165, 1.54) is 0 Å². The van der Waals surface area contributed by atoms with E-state index in [-0.39, 0.29) is 11.6 Å². The molecule has 0 saturated heterocycles. The Morgan fingerprint density at radius 1 is 1.21 bits per heavy atom. The van der Waals surface area contributed by atoms with Crippen molar-refractivity contribution in [2.24, 2.45) is 5.73 Å². The van der Waals surface area contributed by atoms with Crippen LogP contribution < -0.4 is 26.8 Å². The number of nitrogens with one attached hydrogen (secondary N) is 2. The summed E-state index contributed by atoms with van der Waals surface area (Å²) in [5.74, 6) is 0.345. The molecular formula is C21H29ClN4O2. The number of carbonyl (C=O) groups excluding carboxylic acids is 1. The summed E-state index contributed by atoms with van der Waals surface area (Å²) in [5.41, 5.74) is 15.0. The van der Waals surface area contributed by atoms with Gasteiger partial charge in [-0.2, -0.15) is 0 Å². The molecule has 2 aromatic rings. The van der Waals surface area contributed by atoms with Crippen molar-refractivity contribution in [3.05, 3.63) is 52.7 Å². The third kappa shape index (κ3) is 6.48. The van der Waals surface area contributed by atoms with Crippen molar-refractivity contribution >= 4 is 29.3 Å². The van der Waals surface area contributed by atoms with Crippen molar-refractivity contribution in [2.75, 3.05) is 33.5 Å². The number of hydrogen-bond acceptors (Lipinski definition) is 5. The Hall–Kier alpha value is -2.70. The van der Waals surface area contributed by atoms with Crippen LogP contribution in [0.3, 0.4) is 0 Å². The van der Waals surface area contributed by atoms with Gasteiger partial charge in [-0.05, 0) is 44.8 Å². The summed E-state index contributed by atoms with van der Waals surface area (Å²) < 4.78 is 5.39. The predicted molar refractivity (Wildman–Crippen MR) is 118 cm³/mol. The Bertz CT molecular complexity index is 822. The van der Waals surface area contributed by atoms with Crippen LogP contribution in [-0.4, -0.2) is 33.7 Å². The van der Waals surface area contributed by atoms with Gasteiger partial charge in [-0.3, -0.25) is 4.79 Å². The molecule has 28 heavy (non-hydrogen) atoms. The molecule has 7 heteroatoms. The fourth-order valence-corrected chi connectivity index (χ4v) is 2.58. The average Bonchev–Trinajstić information content (AvgIpc) is 2.68. The summed E-state index contributed by atoms with van der Waals surface area (Å²) in [7, 11) is 5.34.